The normalized spacial score (nSPS) is 21.1. The summed E-state index contributed by atoms with van der Waals surface area (Å²) in [6, 6.07) is 3.64. The van der Waals surface area contributed by atoms with Crippen LogP contribution in [0.25, 0.3) is 5.65 Å². The number of rotatable bonds is 2. The number of carbonyl (C=O) groups is 1. The summed E-state index contributed by atoms with van der Waals surface area (Å²) >= 11 is 0. The van der Waals surface area contributed by atoms with Crippen LogP contribution in [0.4, 0.5) is 0 Å². The molecule has 1 saturated heterocycles. The van der Waals surface area contributed by atoms with E-state index in [2.05, 4.69) is 23.1 Å². The molecule has 1 aliphatic rings. The van der Waals surface area contributed by atoms with Gasteiger partial charge >= 0.3 is 0 Å². The van der Waals surface area contributed by atoms with Gasteiger partial charge in [-0.05, 0) is 32.1 Å². The van der Waals surface area contributed by atoms with E-state index in [0.29, 0.717) is 11.5 Å². The molecule has 0 bridgehead atoms. The van der Waals surface area contributed by atoms with Gasteiger partial charge in [-0.2, -0.15) is 0 Å². The number of aromatic nitrogens is 2. The van der Waals surface area contributed by atoms with Crippen LogP contribution < -0.4 is 0 Å². The predicted molar refractivity (Wildman–Crippen MR) is 65.4 cm³/mol. The fourth-order valence-electron chi connectivity index (χ4n) is 2.46. The van der Waals surface area contributed by atoms with Crippen LogP contribution in [0.3, 0.4) is 0 Å². The summed E-state index contributed by atoms with van der Waals surface area (Å²) in [5.74, 6) is 0.527. The maximum Gasteiger partial charge on any atom is 0.150 e. The van der Waals surface area contributed by atoms with Crippen LogP contribution in [0.5, 0.6) is 0 Å². The molecule has 3 rings (SSSR count). The van der Waals surface area contributed by atoms with Crippen LogP contribution >= 0.6 is 0 Å². The molecule has 88 valence electrons. The van der Waals surface area contributed by atoms with E-state index in [1.54, 1.807) is 0 Å². The van der Waals surface area contributed by atoms with Gasteiger partial charge in [-0.15, -0.1) is 0 Å². The van der Waals surface area contributed by atoms with Crippen molar-refractivity contribution in [2.45, 2.75) is 12.3 Å². The van der Waals surface area contributed by atoms with Crippen molar-refractivity contribution in [3.05, 3.63) is 35.8 Å². The number of imidazole rings is 1. The summed E-state index contributed by atoms with van der Waals surface area (Å²) in [6.07, 6.45) is 6.00. The average Bonchev–Trinajstić information content (AvgIpc) is 2.93. The smallest absolute Gasteiger partial charge is 0.150 e. The zero-order valence-corrected chi connectivity index (χ0v) is 9.84. The minimum absolute atomic E-state index is 0.527. The molecule has 3 heterocycles. The molecule has 2 aromatic heterocycles. The Kier molecular flexibility index (Phi) is 2.44. The maximum absolute atomic E-state index is 10.7. The topological polar surface area (TPSA) is 37.6 Å². The average molecular weight is 229 g/mol. The van der Waals surface area contributed by atoms with Crippen LogP contribution in [0.2, 0.25) is 0 Å². The standard InChI is InChI=1S/C13H15N3O/c1-15-4-3-11(7-15)12-8-16-5-2-10(9-17)6-13(16)14-12/h2,5-6,8-9,11H,3-4,7H2,1H3. The first-order valence-electron chi connectivity index (χ1n) is 5.88. The van der Waals surface area contributed by atoms with E-state index in [0.717, 1.165) is 30.7 Å². The second-order valence-electron chi connectivity index (χ2n) is 4.76. The van der Waals surface area contributed by atoms with Crippen molar-refractivity contribution in [3.8, 4) is 0 Å². The third kappa shape index (κ3) is 1.85. The summed E-state index contributed by atoms with van der Waals surface area (Å²) in [6.45, 7) is 2.21. The molecule has 4 heteroatoms. The highest BCUT2D eigenvalue weighted by molar-refractivity contribution is 5.76. The maximum atomic E-state index is 10.7. The van der Waals surface area contributed by atoms with Gasteiger partial charge in [-0.25, -0.2) is 4.98 Å². The van der Waals surface area contributed by atoms with Gasteiger partial charge in [0.05, 0.1) is 5.69 Å². The lowest BCUT2D eigenvalue weighted by Crippen LogP contribution is -2.13. The van der Waals surface area contributed by atoms with E-state index in [-0.39, 0.29) is 0 Å². The number of hydrogen-bond acceptors (Lipinski definition) is 3. The Morgan fingerprint density at radius 1 is 1.53 bits per heavy atom. The van der Waals surface area contributed by atoms with Crippen molar-refractivity contribution < 1.29 is 4.79 Å². The van der Waals surface area contributed by atoms with Crippen molar-refractivity contribution in [2.75, 3.05) is 20.1 Å². The van der Waals surface area contributed by atoms with Crippen molar-refractivity contribution >= 4 is 11.9 Å². The Balaban J connectivity index is 1.98. The van der Waals surface area contributed by atoms with E-state index in [1.807, 2.05) is 22.7 Å². The molecule has 0 aromatic carbocycles. The highest BCUT2D eigenvalue weighted by atomic mass is 16.1. The second kappa shape index (κ2) is 3.96. The number of likely N-dealkylation sites (N-methyl/N-ethyl adjacent to an activating group) is 1. The first-order valence-corrected chi connectivity index (χ1v) is 5.88. The molecule has 17 heavy (non-hydrogen) atoms. The Morgan fingerprint density at radius 2 is 2.41 bits per heavy atom. The van der Waals surface area contributed by atoms with Crippen molar-refractivity contribution in [2.24, 2.45) is 0 Å². The molecule has 2 aromatic rings. The lowest BCUT2D eigenvalue weighted by atomic mass is 10.1. The van der Waals surface area contributed by atoms with Gasteiger partial charge in [0.25, 0.3) is 0 Å². The molecule has 0 amide bonds. The fraction of sp³-hybridized carbons (Fsp3) is 0.385. The zero-order chi connectivity index (χ0) is 11.8. The molecule has 0 radical (unpaired) electrons. The number of pyridine rings is 1. The van der Waals surface area contributed by atoms with Gasteiger partial charge in [0.2, 0.25) is 0 Å². The lowest BCUT2D eigenvalue weighted by molar-refractivity contribution is 0.112. The fourth-order valence-corrected chi connectivity index (χ4v) is 2.46. The molecule has 0 saturated carbocycles. The highest BCUT2D eigenvalue weighted by Crippen LogP contribution is 2.25. The van der Waals surface area contributed by atoms with Crippen LogP contribution in [0, 0.1) is 0 Å². The van der Waals surface area contributed by atoms with Crippen molar-refractivity contribution in [1.82, 2.24) is 14.3 Å². The molecule has 0 spiro atoms. The van der Waals surface area contributed by atoms with Gasteiger partial charge in [0.15, 0.2) is 0 Å². The number of carbonyl (C=O) groups excluding carboxylic acids is 1. The number of hydrogen-bond donors (Lipinski definition) is 0. The first kappa shape index (κ1) is 10.5. The summed E-state index contributed by atoms with van der Waals surface area (Å²) in [4.78, 5) is 17.7. The molecule has 1 fully saturated rings. The van der Waals surface area contributed by atoms with Crippen LogP contribution in [0.15, 0.2) is 24.5 Å². The zero-order valence-electron chi connectivity index (χ0n) is 9.84. The Bertz CT molecular complexity index is 561. The Morgan fingerprint density at radius 3 is 3.12 bits per heavy atom. The summed E-state index contributed by atoms with van der Waals surface area (Å²) in [5, 5.41) is 0. The summed E-state index contributed by atoms with van der Waals surface area (Å²) < 4.78 is 1.99. The summed E-state index contributed by atoms with van der Waals surface area (Å²) in [5.41, 5.74) is 2.68. The number of fused-ring (bicyclic) bond motifs is 1. The molecular weight excluding hydrogens is 214 g/mol. The molecule has 4 nitrogen and oxygen atoms in total. The molecule has 1 unspecified atom stereocenters. The third-order valence-corrected chi connectivity index (χ3v) is 3.45. The highest BCUT2D eigenvalue weighted by Gasteiger charge is 2.23. The molecule has 0 aliphatic carbocycles. The molecule has 0 N–H and O–H groups in total. The molecule has 1 atom stereocenters. The van der Waals surface area contributed by atoms with E-state index < -0.39 is 0 Å². The second-order valence-corrected chi connectivity index (χ2v) is 4.76. The van der Waals surface area contributed by atoms with Gasteiger partial charge in [-0.3, -0.25) is 4.79 Å². The summed E-state index contributed by atoms with van der Waals surface area (Å²) in [7, 11) is 2.14. The van der Waals surface area contributed by atoms with Gasteiger partial charge in [0, 0.05) is 30.4 Å². The molecule has 1 aliphatic heterocycles. The van der Waals surface area contributed by atoms with Crippen LogP contribution in [0.1, 0.15) is 28.4 Å². The van der Waals surface area contributed by atoms with Gasteiger partial charge in [0.1, 0.15) is 11.9 Å². The Hall–Kier alpha value is -1.68. The number of nitrogens with zero attached hydrogens (tertiary/aromatic N) is 3. The third-order valence-electron chi connectivity index (χ3n) is 3.45. The first-order chi connectivity index (χ1) is 8.26. The number of aldehydes is 1. The number of likely N-dealkylation sites (tertiary alicyclic amines) is 1. The minimum Gasteiger partial charge on any atom is -0.307 e. The monoisotopic (exact) mass is 229 g/mol. The lowest BCUT2D eigenvalue weighted by Gasteiger charge is -2.06. The largest absolute Gasteiger partial charge is 0.307 e. The van der Waals surface area contributed by atoms with Crippen LogP contribution in [-0.2, 0) is 0 Å². The van der Waals surface area contributed by atoms with E-state index in [9.17, 15) is 4.79 Å². The van der Waals surface area contributed by atoms with E-state index >= 15 is 0 Å². The van der Waals surface area contributed by atoms with Gasteiger partial charge < -0.3 is 9.30 Å². The van der Waals surface area contributed by atoms with Crippen molar-refractivity contribution in [3.63, 3.8) is 0 Å². The van der Waals surface area contributed by atoms with Crippen molar-refractivity contribution in [1.29, 1.82) is 0 Å². The van der Waals surface area contributed by atoms with E-state index in [4.69, 9.17) is 0 Å². The predicted octanol–water partition coefficient (Wildman–Crippen LogP) is 1.57. The van der Waals surface area contributed by atoms with Gasteiger partial charge in [-0.1, -0.05) is 0 Å². The Labute approximate surface area is 99.9 Å². The van der Waals surface area contributed by atoms with E-state index in [1.165, 1.54) is 6.42 Å². The SMILES string of the molecule is CN1CCC(c2cn3ccc(C=O)cc3n2)C1. The minimum atomic E-state index is 0.527. The quantitative estimate of drug-likeness (QED) is 0.733. The molecular formula is C13H15N3O. The van der Waals surface area contributed by atoms with Crippen LogP contribution in [-0.4, -0.2) is 40.7 Å².